The van der Waals surface area contributed by atoms with Crippen LogP contribution in [-0.2, 0) is 14.1 Å². The molecule has 2 atom stereocenters. The zero-order valence-electron chi connectivity index (χ0n) is 38.4. The van der Waals surface area contributed by atoms with Crippen molar-refractivity contribution in [1.82, 2.24) is 50.1 Å². The Labute approximate surface area is 383 Å². The van der Waals surface area contributed by atoms with Crippen LogP contribution in [0.5, 0.6) is 23.0 Å². The second kappa shape index (κ2) is 21.5. The first-order valence-corrected chi connectivity index (χ1v) is 21.2. The predicted molar refractivity (Wildman–Crippen MR) is 256 cm³/mol. The van der Waals surface area contributed by atoms with Crippen LogP contribution in [0, 0.1) is 0 Å². The number of ether oxygens (including phenoxy) is 4. The summed E-state index contributed by atoms with van der Waals surface area (Å²) in [7, 11) is 13.8. The smallest absolute Gasteiger partial charge is 0.124 e. The van der Waals surface area contributed by atoms with Gasteiger partial charge in [0.15, 0.2) is 0 Å². The third-order valence-corrected chi connectivity index (χ3v) is 10.6. The fourth-order valence-corrected chi connectivity index (χ4v) is 7.36. The lowest BCUT2D eigenvalue weighted by Gasteiger charge is -2.28. The average molecular weight is 897 g/mol. The van der Waals surface area contributed by atoms with E-state index in [1.807, 2.05) is 123 Å². The maximum atomic E-state index is 10.6. The van der Waals surface area contributed by atoms with Gasteiger partial charge in [0.2, 0.25) is 0 Å². The van der Waals surface area contributed by atoms with E-state index >= 15 is 0 Å². The minimum absolute atomic E-state index is 0.360. The van der Waals surface area contributed by atoms with Crippen LogP contribution < -0.4 is 39.4 Å². The number of aryl methyl sites for hydroxylation is 2. The molecule has 0 spiro atoms. The van der Waals surface area contributed by atoms with E-state index in [2.05, 4.69) is 30.8 Å². The molecule has 4 heterocycles. The Morgan fingerprint density at radius 3 is 1.21 bits per heavy atom. The molecule has 0 radical (unpaired) electrons. The van der Waals surface area contributed by atoms with Crippen LogP contribution in [0.3, 0.4) is 0 Å². The van der Waals surface area contributed by atoms with Crippen LogP contribution in [0.15, 0.2) is 110 Å². The van der Waals surface area contributed by atoms with Crippen molar-refractivity contribution in [3.8, 4) is 45.5 Å². The predicted octanol–water partition coefficient (Wildman–Crippen LogP) is 5.53. The summed E-state index contributed by atoms with van der Waals surface area (Å²) in [5.41, 5.74) is 9.75. The third-order valence-electron chi connectivity index (χ3n) is 10.6. The van der Waals surface area contributed by atoms with Gasteiger partial charge in [-0.05, 0) is 50.5 Å². The van der Waals surface area contributed by atoms with Gasteiger partial charge in [-0.2, -0.15) is 10.2 Å². The van der Waals surface area contributed by atoms with E-state index in [0.717, 1.165) is 67.3 Å². The second-order valence-electron chi connectivity index (χ2n) is 15.4. The van der Waals surface area contributed by atoms with Crippen molar-refractivity contribution in [2.24, 2.45) is 14.1 Å². The summed E-state index contributed by atoms with van der Waals surface area (Å²) < 4.78 is 25.3. The van der Waals surface area contributed by atoms with Crippen molar-refractivity contribution >= 4 is 44.8 Å². The number of fused-ring (bicyclic) bond motifs is 2. The largest absolute Gasteiger partial charge is 0.497 e. The quantitative estimate of drug-likeness (QED) is 0.0839. The molecule has 0 aliphatic rings. The Balaban J connectivity index is 0.000000196. The highest BCUT2D eigenvalue weighted by Crippen LogP contribution is 2.36. The molecule has 0 aliphatic heterocycles. The van der Waals surface area contributed by atoms with Crippen molar-refractivity contribution < 1.29 is 29.2 Å². The number of nitrogens with one attached hydrogen (secondary N) is 2. The Morgan fingerprint density at radius 1 is 0.515 bits per heavy atom. The van der Waals surface area contributed by atoms with Gasteiger partial charge in [-0.25, -0.2) is 9.97 Å². The van der Waals surface area contributed by atoms with Crippen LogP contribution in [0.2, 0.25) is 0 Å². The van der Waals surface area contributed by atoms with Crippen molar-refractivity contribution in [3.05, 3.63) is 110 Å². The zero-order chi connectivity index (χ0) is 46.7. The number of aromatic nitrogens is 8. The molecular weight excluding hydrogens is 841 g/mol. The molecule has 8 rings (SSSR count). The number of hydrogen-bond acceptors (Lipinski definition) is 16. The summed E-state index contributed by atoms with van der Waals surface area (Å²) in [6, 6.07) is 23.0. The second-order valence-corrected chi connectivity index (χ2v) is 15.4. The van der Waals surface area contributed by atoms with E-state index in [1.54, 1.807) is 62.6 Å². The van der Waals surface area contributed by atoms with Gasteiger partial charge in [0.25, 0.3) is 0 Å². The first-order valence-electron chi connectivity index (χ1n) is 21.2. The maximum absolute atomic E-state index is 10.6. The normalized spacial score (nSPS) is 12.0. The van der Waals surface area contributed by atoms with Crippen molar-refractivity contribution in [2.75, 3.05) is 78.5 Å². The standard InChI is InChI=1S/2C24H28N6O3/c2*1-25-12-19(31)15-30(18-7-20(32-3)10-21(8-18)33-4)17-5-6-22-23(9-17)28-24(13-26-22)16-11-27-29(2)14-16/h2*5-11,13-14,19,25,31H,12,15H2,1-4H3. The summed E-state index contributed by atoms with van der Waals surface area (Å²) >= 11 is 0. The number of likely N-dealkylation sites (N-methyl/N-ethyl adjacent to an activating group) is 2. The highest BCUT2D eigenvalue weighted by Gasteiger charge is 2.20. The minimum Gasteiger partial charge on any atom is -0.497 e. The maximum Gasteiger partial charge on any atom is 0.124 e. The highest BCUT2D eigenvalue weighted by atomic mass is 16.5. The molecule has 4 N–H and O–H groups in total. The van der Waals surface area contributed by atoms with Crippen LogP contribution >= 0.6 is 0 Å². The Kier molecular flexibility index (Phi) is 15.2. The van der Waals surface area contributed by atoms with Gasteiger partial charge in [-0.15, -0.1) is 0 Å². The molecular formula is C48H56N12O6. The summed E-state index contributed by atoms with van der Waals surface area (Å²) in [4.78, 5) is 22.8. The zero-order valence-corrected chi connectivity index (χ0v) is 38.4. The molecule has 0 aliphatic carbocycles. The van der Waals surface area contributed by atoms with Crippen LogP contribution in [0.1, 0.15) is 0 Å². The number of aliphatic hydroxyl groups excluding tert-OH is 2. The van der Waals surface area contributed by atoms with Gasteiger partial charge in [0.1, 0.15) is 23.0 Å². The Morgan fingerprint density at radius 2 is 0.894 bits per heavy atom. The summed E-state index contributed by atoms with van der Waals surface area (Å²) in [5.74, 6) is 2.66. The van der Waals surface area contributed by atoms with Gasteiger partial charge in [0, 0.05) is 110 Å². The molecule has 0 bridgehead atoms. The first-order chi connectivity index (χ1) is 32.0. The Hall–Kier alpha value is -7.38. The van der Waals surface area contributed by atoms with Crippen molar-refractivity contribution in [3.63, 3.8) is 0 Å². The van der Waals surface area contributed by atoms with Gasteiger partial charge in [-0.1, -0.05) is 0 Å². The van der Waals surface area contributed by atoms with Crippen LogP contribution in [0.4, 0.5) is 22.7 Å². The summed E-state index contributed by atoms with van der Waals surface area (Å²) in [5, 5.41) is 35.7. The average Bonchev–Trinajstić information content (AvgIpc) is 3.99. The molecule has 2 unspecified atom stereocenters. The highest BCUT2D eigenvalue weighted by molar-refractivity contribution is 5.84. The van der Waals surface area contributed by atoms with E-state index in [4.69, 9.17) is 28.9 Å². The van der Waals surface area contributed by atoms with E-state index in [-0.39, 0.29) is 0 Å². The summed E-state index contributed by atoms with van der Waals surface area (Å²) in [6.07, 6.45) is 9.64. The van der Waals surface area contributed by atoms with E-state index in [0.29, 0.717) is 49.2 Å². The molecule has 0 fully saturated rings. The van der Waals surface area contributed by atoms with Gasteiger partial charge < -0.3 is 49.6 Å². The number of methoxy groups -OCH3 is 4. The van der Waals surface area contributed by atoms with E-state index < -0.39 is 12.2 Å². The lowest BCUT2D eigenvalue weighted by Crippen LogP contribution is -2.35. The molecule has 8 aromatic rings. The van der Waals surface area contributed by atoms with Crippen molar-refractivity contribution in [2.45, 2.75) is 12.2 Å². The number of anilines is 4. The number of hydrogen-bond donors (Lipinski definition) is 4. The molecule has 344 valence electrons. The van der Waals surface area contributed by atoms with Gasteiger partial charge >= 0.3 is 0 Å². The first kappa shape index (κ1) is 46.6. The van der Waals surface area contributed by atoms with Crippen molar-refractivity contribution in [1.29, 1.82) is 0 Å². The van der Waals surface area contributed by atoms with E-state index in [9.17, 15) is 10.2 Å². The molecule has 66 heavy (non-hydrogen) atoms. The molecule has 18 heteroatoms. The number of nitrogens with zero attached hydrogens (tertiary/aromatic N) is 10. The molecule has 0 saturated carbocycles. The van der Waals surface area contributed by atoms with E-state index in [1.165, 1.54) is 0 Å². The lowest BCUT2D eigenvalue weighted by atomic mass is 10.1. The minimum atomic E-state index is -0.601. The fraction of sp³-hybridized carbons (Fsp3) is 0.292. The summed E-state index contributed by atoms with van der Waals surface area (Å²) in [6.45, 7) is 1.63. The molecule has 0 saturated heterocycles. The van der Waals surface area contributed by atoms with Gasteiger partial charge in [0.05, 0.1) is 112 Å². The SMILES string of the molecule is CNCC(O)CN(c1cc(OC)cc(OC)c1)c1ccc2ncc(-c3cnn(C)c3)nc2c1.CNCC(O)CN(c1cc(OC)cc(OC)c1)c1ccc2ncc(-c3cnn(C)c3)nc2c1. The molecule has 4 aromatic heterocycles. The lowest BCUT2D eigenvalue weighted by molar-refractivity contribution is 0.182. The molecule has 0 amide bonds. The van der Waals surface area contributed by atoms with Gasteiger partial charge in [-0.3, -0.25) is 19.3 Å². The molecule has 4 aromatic carbocycles. The topological polar surface area (TPSA) is 195 Å². The number of rotatable bonds is 18. The Bertz CT molecular complexity index is 2630. The van der Waals surface area contributed by atoms with Crippen LogP contribution in [-0.4, -0.2) is 131 Å². The molecule has 18 nitrogen and oxygen atoms in total. The van der Waals surface area contributed by atoms with Crippen LogP contribution in [0.25, 0.3) is 44.6 Å². The monoisotopic (exact) mass is 896 g/mol. The number of aliphatic hydroxyl groups is 2. The third kappa shape index (κ3) is 11.3. The fourth-order valence-electron chi connectivity index (χ4n) is 7.36. The number of benzene rings is 4.